The van der Waals surface area contributed by atoms with Gasteiger partial charge in [-0.05, 0) is 41.7 Å². The van der Waals surface area contributed by atoms with Gasteiger partial charge in [0.1, 0.15) is 0 Å². The number of aromatic nitrogens is 1. The lowest BCUT2D eigenvalue weighted by molar-refractivity contribution is -0.000823. The second-order valence-corrected chi connectivity index (χ2v) is 6.79. The number of rotatable bonds is 2. The Morgan fingerprint density at radius 3 is 2.76 bits per heavy atom. The quantitative estimate of drug-likeness (QED) is 0.916. The number of nitrogens with one attached hydrogen (secondary N) is 1. The second kappa shape index (κ2) is 4.70. The van der Waals surface area contributed by atoms with Crippen molar-refractivity contribution in [3.05, 3.63) is 45.4 Å². The fraction of sp³-hybridized carbons (Fsp3) is 0.500. The Morgan fingerprint density at radius 2 is 2.05 bits per heavy atom. The van der Waals surface area contributed by atoms with Crippen LogP contribution in [0.25, 0.3) is 10.8 Å². The molecule has 0 radical (unpaired) electrons. The van der Waals surface area contributed by atoms with Crippen LogP contribution in [0.4, 0.5) is 0 Å². The zero-order chi connectivity index (χ0) is 14.6. The van der Waals surface area contributed by atoms with Crippen molar-refractivity contribution in [3.8, 4) is 0 Å². The molecule has 3 heteroatoms. The first-order valence-corrected chi connectivity index (χ1v) is 7.93. The maximum Gasteiger partial charge on any atom is 0.256 e. The Kier molecular flexibility index (Phi) is 2.93. The van der Waals surface area contributed by atoms with Crippen molar-refractivity contribution in [2.75, 3.05) is 0 Å². The van der Waals surface area contributed by atoms with Crippen molar-refractivity contribution in [2.24, 2.45) is 5.92 Å². The molecule has 1 aromatic heterocycles. The smallest absolute Gasteiger partial charge is 0.256 e. The van der Waals surface area contributed by atoms with E-state index >= 15 is 0 Å². The van der Waals surface area contributed by atoms with Gasteiger partial charge in [0.15, 0.2) is 0 Å². The van der Waals surface area contributed by atoms with Crippen molar-refractivity contribution in [2.45, 2.75) is 51.7 Å². The van der Waals surface area contributed by atoms with Gasteiger partial charge < -0.3 is 9.72 Å². The molecule has 1 aromatic carbocycles. The molecule has 1 aliphatic carbocycles. The minimum absolute atomic E-state index is 0.0375. The molecule has 1 saturated carbocycles. The summed E-state index contributed by atoms with van der Waals surface area (Å²) in [5.74, 6) is 1.17. The van der Waals surface area contributed by atoms with Crippen LogP contribution in [0.15, 0.2) is 23.0 Å². The zero-order valence-corrected chi connectivity index (χ0v) is 12.6. The predicted molar refractivity (Wildman–Crippen MR) is 83.7 cm³/mol. The van der Waals surface area contributed by atoms with E-state index in [4.69, 9.17) is 4.74 Å². The monoisotopic (exact) mass is 283 g/mol. The number of aromatic amines is 1. The highest BCUT2D eigenvalue weighted by molar-refractivity contribution is 5.86. The van der Waals surface area contributed by atoms with Crippen molar-refractivity contribution >= 4 is 10.8 Å². The van der Waals surface area contributed by atoms with E-state index in [0.29, 0.717) is 18.4 Å². The molecule has 4 rings (SSSR count). The molecule has 1 unspecified atom stereocenters. The van der Waals surface area contributed by atoms with Crippen molar-refractivity contribution < 1.29 is 4.74 Å². The Labute approximate surface area is 124 Å². The number of fused-ring (bicyclic) bond motifs is 3. The standard InChI is InChI=1S/C18H21NO2/c1-10(2)17-8-16-15(9-21-17)14-7-12(11-3-4-11)5-6-13(14)18(20)19-16/h5-7,10-11,17H,3-4,8-9H2,1-2H3,(H,19,20). The molecule has 0 saturated heterocycles. The molecule has 110 valence electrons. The summed E-state index contributed by atoms with van der Waals surface area (Å²) in [6, 6.07) is 6.32. The highest BCUT2D eigenvalue weighted by Crippen LogP contribution is 2.41. The van der Waals surface area contributed by atoms with Gasteiger partial charge in [0.25, 0.3) is 5.56 Å². The van der Waals surface area contributed by atoms with Gasteiger partial charge in [0, 0.05) is 23.1 Å². The van der Waals surface area contributed by atoms with Crippen LogP contribution >= 0.6 is 0 Å². The molecule has 2 aliphatic rings. The van der Waals surface area contributed by atoms with Crippen LogP contribution in [0.5, 0.6) is 0 Å². The van der Waals surface area contributed by atoms with Gasteiger partial charge >= 0.3 is 0 Å². The van der Waals surface area contributed by atoms with E-state index in [-0.39, 0.29) is 11.7 Å². The molecule has 0 spiro atoms. The fourth-order valence-electron chi connectivity index (χ4n) is 3.34. The lowest BCUT2D eigenvalue weighted by Gasteiger charge is -2.28. The zero-order valence-electron chi connectivity index (χ0n) is 12.6. The SMILES string of the molecule is CC(C)C1Cc2[nH]c(=O)c3ccc(C4CC4)cc3c2CO1. The Morgan fingerprint density at radius 1 is 1.24 bits per heavy atom. The molecule has 21 heavy (non-hydrogen) atoms. The van der Waals surface area contributed by atoms with E-state index in [9.17, 15) is 4.79 Å². The maximum absolute atomic E-state index is 12.3. The van der Waals surface area contributed by atoms with E-state index in [1.54, 1.807) is 0 Å². The molecule has 1 aliphatic heterocycles. The molecule has 1 N–H and O–H groups in total. The van der Waals surface area contributed by atoms with Crippen molar-refractivity contribution in [1.29, 1.82) is 0 Å². The van der Waals surface area contributed by atoms with Gasteiger partial charge in [-0.2, -0.15) is 0 Å². The minimum Gasteiger partial charge on any atom is -0.373 e. The second-order valence-electron chi connectivity index (χ2n) is 6.79. The van der Waals surface area contributed by atoms with Gasteiger partial charge in [0.05, 0.1) is 12.7 Å². The molecule has 1 atom stereocenters. The topological polar surface area (TPSA) is 42.1 Å². The summed E-state index contributed by atoms with van der Waals surface area (Å²) < 4.78 is 6.01. The molecule has 2 heterocycles. The summed E-state index contributed by atoms with van der Waals surface area (Å²) in [4.78, 5) is 15.4. The van der Waals surface area contributed by atoms with Crippen molar-refractivity contribution in [1.82, 2.24) is 4.98 Å². The molecule has 3 nitrogen and oxygen atoms in total. The van der Waals surface area contributed by atoms with Crippen LogP contribution in [0.3, 0.4) is 0 Å². The summed E-state index contributed by atoms with van der Waals surface area (Å²) in [7, 11) is 0. The number of hydrogen-bond donors (Lipinski definition) is 1. The number of H-pyrrole nitrogens is 1. The largest absolute Gasteiger partial charge is 0.373 e. The lowest BCUT2D eigenvalue weighted by Crippen LogP contribution is -2.30. The predicted octanol–water partition coefficient (Wildman–Crippen LogP) is 3.50. The number of benzene rings is 1. The van der Waals surface area contributed by atoms with Gasteiger partial charge in [0.2, 0.25) is 0 Å². The van der Waals surface area contributed by atoms with Crippen LogP contribution in [0.2, 0.25) is 0 Å². The van der Waals surface area contributed by atoms with Crippen LogP contribution in [-0.2, 0) is 17.8 Å². The Balaban J connectivity index is 1.87. The lowest BCUT2D eigenvalue weighted by atomic mass is 9.93. The average Bonchev–Trinajstić information content (AvgIpc) is 3.31. The maximum atomic E-state index is 12.3. The Hall–Kier alpha value is -1.61. The molecular weight excluding hydrogens is 262 g/mol. The third-order valence-corrected chi connectivity index (χ3v) is 4.88. The first-order chi connectivity index (χ1) is 10.1. The summed E-state index contributed by atoms with van der Waals surface area (Å²) in [5, 5.41) is 1.89. The first kappa shape index (κ1) is 13.1. The van der Waals surface area contributed by atoms with E-state index in [2.05, 4.69) is 31.0 Å². The number of pyridine rings is 1. The normalized spacial score (nSPS) is 21.8. The molecule has 1 fully saturated rings. The average molecular weight is 283 g/mol. The van der Waals surface area contributed by atoms with E-state index < -0.39 is 0 Å². The van der Waals surface area contributed by atoms with Gasteiger partial charge in [-0.25, -0.2) is 0 Å². The molecule has 0 bridgehead atoms. The molecular formula is C18H21NO2. The molecule has 0 amide bonds. The number of hydrogen-bond acceptors (Lipinski definition) is 2. The summed E-state index contributed by atoms with van der Waals surface area (Å²) >= 11 is 0. The molecule has 2 aromatic rings. The summed E-state index contributed by atoms with van der Waals surface area (Å²) in [5.41, 5.74) is 3.67. The van der Waals surface area contributed by atoms with Gasteiger partial charge in [-0.1, -0.05) is 26.0 Å². The third-order valence-electron chi connectivity index (χ3n) is 4.88. The first-order valence-electron chi connectivity index (χ1n) is 7.93. The van der Waals surface area contributed by atoms with Gasteiger partial charge in [-0.3, -0.25) is 4.79 Å². The van der Waals surface area contributed by atoms with Gasteiger partial charge in [-0.15, -0.1) is 0 Å². The van der Waals surface area contributed by atoms with Crippen LogP contribution in [0.1, 0.15) is 49.4 Å². The van der Waals surface area contributed by atoms with Crippen LogP contribution in [0, 0.1) is 5.92 Å². The van der Waals surface area contributed by atoms with Crippen molar-refractivity contribution in [3.63, 3.8) is 0 Å². The van der Waals surface area contributed by atoms with E-state index in [1.807, 2.05) is 6.07 Å². The third kappa shape index (κ3) is 2.20. The fourth-order valence-corrected chi connectivity index (χ4v) is 3.34. The number of ether oxygens (including phenoxy) is 1. The van der Waals surface area contributed by atoms with Crippen LogP contribution < -0.4 is 5.56 Å². The van der Waals surface area contributed by atoms with E-state index in [1.165, 1.54) is 24.0 Å². The summed E-state index contributed by atoms with van der Waals surface area (Å²) in [6.07, 6.45) is 3.58. The Bertz CT molecular complexity index is 756. The van der Waals surface area contributed by atoms with E-state index in [0.717, 1.165) is 22.9 Å². The highest BCUT2D eigenvalue weighted by atomic mass is 16.5. The highest BCUT2D eigenvalue weighted by Gasteiger charge is 2.27. The van der Waals surface area contributed by atoms with Crippen LogP contribution in [-0.4, -0.2) is 11.1 Å². The minimum atomic E-state index is 0.0375. The summed E-state index contributed by atoms with van der Waals surface area (Å²) in [6.45, 7) is 4.94.